The predicted octanol–water partition coefficient (Wildman–Crippen LogP) is 1.62. The fourth-order valence-electron chi connectivity index (χ4n) is 1.96. The molecule has 1 saturated carbocycles. The minimum absolute atomic E-state index is 0.0476. The molecule has 1 aliphatic rings. The van der Waals surface area contributed by atoms with Crippen LogP contribution in [-0.4, -0.2) is 31.3 Å². The molecule has 0 aromatic heterocycles. The van der Waals surface area contributed by atoms with Crippen molar-refractivity contribution in [2.24, 2.45) is 5.73 Å². The molecule has 0 unspecified atom stereocenters. The lowest BCUT2D eigenvalue weighted by Gasteiger charge is -2.28. The molecule has 1 rings (SSSR count). The maximum Gasteiger partial charge on any atom is 0.243 e. The fourth-order valence-corrected chi connectivity index (χ4v) is 1.96. The highest BCUT2D eigenvalue weighted by Crippen LogP contribution is 2.23. The van der Waals surface area contributed by atoms with E-state index in [-0.39, 0.29) is 18.6 Å². The second-order valence-electron chi connectivity index (χ2n) is 4.40. The van der Waals surface area contributed by atoms with Crippen LogP contribution < -0.4 is 5.73 Å². The summed E-state index contributed by atoms with van der Waals surface area (Å²) in [6, 6.07) is 0. The summed E-state index contributed by atoms with van der Waals surface area (Å²) in [5.41, 5.74) is 5.03. The number of unbranched alkanes of at least 4 members (excludes halogenated alkanes) is 1. The summed E-state index contributed by atoms with van der Waals surface area (Å²) in [5, 5.41) is 0. The van der Waals surface area contributed by atoms with E-state index in [1.54, 1.807) is 0 Å². The highest BCUT2D eigenvalue weighted by molar-refractivity contribution is 5.74. The van der Waals surface area contributed by atoms with Crippen LogP contribution >= 0.6 is 0 Å². The minimum atomic E-state index is -0.388. The molecular weight excluding hydrogens is 206 g/mol. The van der Waals surface area contributed by atoms with Crippen LogP contribution in [0.3, 0.4) is 0 Å². The largest absolute Gasteiger partial charge is 0.378 e. The van der Waals surface area contributed by atoms with Crippen molar-refractivity contribution in [1.82, 2.24) is 0 Å². The number of rotatable bonds is 7. The van der Waals surface area contributed by atoms with Crippen LogP contribution in [-0.2, 0) is 14.3 Å². The predicted molar refractivity (Wildman–Crippen MR) is 62.1 cm³/mol. The molecule has 1 amide bonds. The second kappa shape index (κ2) is 7.63. The van der Waals surface area contributed by atoms with Crippen LogP contribution in [0.5, 0.6) is 0 Å². The van der Waals surface area contributed by atoms with Crippen LogP contribution in [0, 0.1) is 0 Å². The molecule has 1 fully saturated rings. The number of hydrogen-bond donors (Lipinski definition) is 1. The van der Waals surface area contributed by atoms with E-state index in [2.05, 4.69) is 6.92 Å². The Balaban J connectivity index is 2.06. The van der Waals surface area contributed by atoms with Crippen LogP contribution in [0.1, 0.15) is 45.4 Å². The zero-order valence-corrected chi connectivity index (χ0v) is 10.1. The average Bonchev–Trinajstić information content (AvgIpc) is 2.28. The van der Waals surface area contributed by atoms with E-state index in [9.17, 15) is 4.79 Å². The molecule has 0 heterocycles. The fraction of sp³-hybridized carbons (Fsp3) is 0.917. The number of nitrogens with two attached hydrogens (primary N) is 1. The van der Waals surface area contributed by atoms with Gasteiger partial charge in [0.1, 0.15) is 6.61 Å². The Morgan fingerprint density at radius 1 is 1.19 bits per heavy atom. The molecule has 4 nitrogen and oxygen atoms in total. The van der Waals surface area contributed by atoms with Gasteiger partial charge in [0.25, 0.3) is 0 Å². The number of carbonyl (C=O) groups is 1. The van der Waals surface area contributed by atoms with Crippen LogP contribution in [0.4, 0.5) is 0 Å². The number of amides is 1. The molecule has 4 heteroatoms. The van der Waals surface area contributed by atoms with E-state index in [4.69, 9.17) is 15.2 Å². The summed E-state index contributed by atoms with van der Waals surface area (Å²) in [6.07, 6.45) is 6.92. The summed E-state index contributed by atoms with van der Waals surface area (Å²) < 4.78 is 11.1. The molecule has 0 atom stereocenters. The van der Waals surface area contributed by atoms with Crippen molar-refractivity contribution < 1.29 is 14.3 Å². The number of ether oxygens (including phenoxy) is 2. The van der Waals surface area contributed by atoms with Gasteiger partial charge in [-0.15, -0.1) is 0 Å². The summed E-state index contributed by atoms with van der Waals surface area (Å²) in [6.45, 7) is 3.08. The Labute approximate surface area is 97.5 Å². The van der Waals surface area contributed by atoms with Gasteiger partial charge in [-0.1, -0.05) is 13.3 Å². The molecule has 1 aliphatic carbocycles. The van der Waals surface area contributed by atoms with Gasteiger partial charge in [-0.05, 0) is 32.1 Å². The van der Waals surface area contributed by atoms with E-state index in [0.717, 1.165) is 38.7 Å². The van der Waals surface area contributed by atoms with Gasteiger partial charge in [-0.25, -0.2) is 0 Å². The van der Waals surface area contributed by atoms with Crippen molar-refractivity contribution in [2.45, 2.75) is 57.7 Å². The van der Waals surface area contributed by atoms with Gasteiger partial charge in [0.05, 0.1) is 12.2 Å². The summed E-state index contributed by atoms with van der Waals surface area (Å²) >= 11 is 0. The second-order valence-corrected chi connectivity index (χ2v) is 4.40. The maximum absolute atomic E-state index is 10.6. The number of carbonyl (C=O) groups excluding carboxylic acids is 1. The van der Waals surface area contributed by atoms with Crippen molar-refractivity contribution >= 4 is 5.91 Å². The zero-order valence-electron chi connectivity index (χ0n) is 10.1. The van der Waals surface area contributed by atoms with Crippen molar-refractivity contribution in [1.29, 1.82) is 0 Å². The monoisotopic (exact) mass is 229 g/mol. The van der Waals surface area contributed by atoms with Crippen molar-refractivity contribution in [3.63, 3.8) is 0 Å². The average molecular weight is 229 g/mol. The Kier molecular flexibility index (Phi) is 6.42. The first-order chi connectivity index (χ1) is 7.72. The molecule has 0 saturated heterocycles. The van der Waals surface area contributed by atoms with Gasteiger partial charge in [0, 0.05) is 6.61 Å². The van der Waals surface area contributed by atoms with Crippen molar-refractivity contribution in [2.75, 3.05) is 13.2 Å². The lowest BCUT2D eigenvalue weighted by molar-refractivity contribution is -0.125. The van der Waals surface area contributed by atoms with Gasteiger partial charge in [-0.3, -0.25) is 4.79 Å². The molecule has 0 aliphatic heterocycles. The molecule has 94 valence electrons. The van der Waals surface area contributed by atoms with Gasteiger partial charge < -0.3 is 15.2 Å². The Morgan fingerprint density at radius 2 is 1.75 bits per heavy atom. The molecule has 2 N–H and O–H groups in total. The molecule has 0 spiro atoms. The summed E-state index contributed by atoms with van der Waals surface area (Å²) in [7, 11) is 0. The molecule has 0 aromatic carbocycles. The van der Waals surface area contributed by atoms with Crippen LogP contribution in [0.25, 0.3) is 0 Å². The Bertz CT molecular complexity index is 200. The van der Waals surface area contributed by atoms with Crippen molar-refractivity contribution in [3.05, 3.63) is 0 Å². The summed E-state index contributed by atoms with van der Waals surface area (Å²) in [5.74, 6) is -0.388. The van der Waals surface area contributed by atoms with E-state index >= 15 is 0 Å². The highest BCUT2D eigenvalue weighted by atomic mass is 16.5. The topological polar surface area (TPSA) is 61.6 Å². The third-order valence-electron chi connectivity index (χ3n) is 2.93. The molecule has 16 heavy (non-hydrogen) atoms. The third-order valence-corrected chi connectivity index (χ3v) is 2.93. The van der Waals surface area contributed by atoms with E-state index in [0.29, 0.717) is 6.10 Å². The third kappa shape index (κ3) is 5.47. The quantitative estimate of drug-likeness (QED) is 0.675. The van der Waals surface area contributed by atoms with Crippen LogP contribution in [0.2, 0.25) is 0 Å². The lowest BCUT2D eigenvalue weighted by atomic mass is 9.95. The first-order valence-electron chi connectivity index (χ1n) is 6.24. The smallest absolute Gasteiger partial charge is 0.243 e. The Hall–Kier alpha value is -0.610. The Morgan fingerprint density at radius 3 is 2.25 bits per heavy atom. The minimum Gasteiger partial charge on any atom is -0.378 e. The lowest BCUT2D eigenvalue weighted by Crippen LogP contribution is -2.29. The maximum atomic E-state index is 10.6. The van der Waals surface area contributed by atoms with Crippen molar-refractivity contribution in [3.8, 4) is 0 Å². The normalized spacial score (nSPS) is 25.6. The molecular formula is C12H23NO3. The SMILES string of the molecule is CCCCOC1CCC(OCC(N)=O)CC1. The number of hydrogen-bond acceptors (Lipinski definition) is 3. The number of primary amides is 1. The molecule has 0 radical (unpaired) electrons. The first-order valence-corrected chi connectivity index (χ1v) is 6.24. The standard InChI is InChI=1S/C12H23NO3/c1-2-3-8-15-10-4-6-11(7-5-10)16-9-12(13)14/h10-11H,2-9H2,1H3,(H2,13,14). The van der Waals surface area contributed by atoms with E-state index in [1.165, 1.54) is 6.42 Å². The van der Waals surface area contributed by atoms with Gasteiger partial charge >= 0.3 is 0 Å². The van der Waals surface area contributed by atoms with Gasteiger partial charge in [0.2, 0.25) is 5.91 Å². The first kappa shape index (κ1) is 13.5. The summed E-state index contributed by atoms with van der Waals surface area (Å²) in [4.78, 5) is 10.6. The van der Waals surface area contributed by atoms with Gasteiger partial charge in [0.15, 0.2) is 0 Å². The van der Waals surface area contributed by atoms with Gasteiger partial charge in [-0.2, -0.15) is 0 Å². The molecule has 0 bridgehead atoms. The van der Waals surface area contributed by atoms with E-state index < -0.39 is 0 Å². The zero-order chi connectivity index (χ0) is 11.8. The van der Waals surface area contributed by atoms with Crippen LogP contribution in [0.15, 0.2) is 0 Å². The molecule has 0 aromatic rings. The van der Waals surface area contributed by atoms with E-state index in [1.807, 2.05) is 0 Å². The highest BCUT2D eigenvalue weighted by Gasteiger charge is 2.22.